The van der Waals surface area contributed by atoms with Crippen LogP contribution in [0.4, 0.5) is 0 Å². The van der Waals surface area contributed by atoms with Gasteiger partial charge in [0.15, 0.2) is 0 Å². The van der Waals surface area contributed by atoms with Crippen molar-refractivity contribution < 1.29 is 0 Å². The fourth-order valence-corrected chi connectivity index (χ4v) is 3.21. The van der Waals surface area contributed by atoms with E-state index in [-0.39, 0.29) is 0 Å². The first-order valence-electron chi connectivity index (χ1n) is 5.42. The highest BCUT2D eigenvalue weighted by molar-refractivity contribution is 7.10. The minimum absolute atomic E-state index is 0.434. The molecule has 0 aromatic carbocycles. The third kappa shape index (κ3) is 2.90. The third-order valence-corrected chi connectivity index (χ3v) is 4.21. The van der Waals surface area contributed by atoms with Crippen LogP contribution >= 0.6 is 22.7 Å². The quantitative estimate of drug-likeness (QED) is 0.878. The van der Waals surface area contributed by atoms with E-state index < -0.39 is 0 Å². The van der Waals surface area contributed by atoms with Gasteiger partial charge < -0.3 is 5.32 Å². The molecule has 0 saturated carbocycles. The summed E-state index contributed by atoms with van der Waals surface area (Å²) in [4.78, 5) is 5.70. The molecule has 0 aliphatic carbocycles. The minimum Gasteiger partial charge on any atom is -0.303 e. The zero-order valence-corrected chi connectivity index (χ0v) is 11.1. The van der Waals surface area contributed by atoms with Crippen LogP contribution in [0.3, 0.4) is 0 Å². The van der Waals surface area contributed by atoms with Crippen LogP contribution in [0.5, 0.6) is 0 Å². The summed E-state index contributed by atoms with van der Waals surface area (Å²) in [7, 11) is 0. The second kappa shape index (κ2) is 5.57. The van der Waals surface area contributed by atoms with Gasteiger partial charge in [0.25, 0.3) is 0 Å². The normalized spacial score (nSPS) is 13.2. The molecule has 86 valence electrons. The molecule has 16 heavy (non-hydrogen) atoms. The maximum atomic E-state index is 4.29. The van der Waals surface area contributed by atoms with Crippen LogP contribution in [0.2, 0.25) is 0 Å². The Morgan fingerprint density at radius 3 is 2.75 bits per heavy atom. The SMILES string of the molecule is CC(C)C(NCc1nccs1)c1cccs1. The summed E-state index contributed by atoms with van der Waals surface area (Å²) in [6.07, 6.45) is 1.86. The molecule has 0 bridgehead atoms. The monoisotopic (exact) mass is 252 g/mol. The average molecular weight is 252 g/mol. The van der Waals surface area contributed by atoms with Crippen LogP contribution in [0.15, 0.2) is 29.1 Å². The van der Waals surface area contributed by atoms with Crippen molar-refractivity contribution >= 4 is 22.7 Å². The average Bonchev–Trinajstić information content (AvgIpc) is 2.88. The molecule has 0 saturated heterocycles. The molecule has 1 unspecified atom stereocenters. The summed E-state index contributed by atoms with van der Waals surface area (Å²) < 4.78 is 0. The van der Waals surface area contributed by atoms with Gasteiger partial charge in [-0.15, -0.1) is 22.7 Å². The van der Waals surface area contributed by atoms with Crippen LogP contribution in [0.1, 0.15) is 29.8 Å². The maximum absolute atomic E-state index is 4.29. The highest BCUT2D eigenvalue weighted by Gasteiger charge is 2.16. The van der Waals surface area contributed by atoms with Crippen molar-refractivity contribution in [3.05, 3.63) is 39.0 Å². The molecule has 0 aliphatic heterocycles. The second-order valence-electron chi connectivity index (χ2n) is 4.04. The van der Waals surface area contributed by atoms with Crippen molar-refractivity contribution in [1.29, 1.82) is 0 Å². The van der Waals surface area contributed by atoms with Gasteiger partial charge in [-0.3, -0.25) is 0 Å². The van der Waals surface area contributed by atoms with Crippen molar-refractivity contribution in [3.63, 3.8) is 0 Å². The van der Waals surface area contributed by atoms with Gasteiger partial charge in [0, 0.05) is 29.0 Å². The molecule has 2 aromatic heterocycles. The van der Waals surface area contributed by atoms with Crippen molar-refractivity contribution in [2.24, 2.45) is 5.92 Å². The van der Waals surface area contributed by atoms with Crippen molar-refractivity contribution in [2.45, 2.75) is 26.4 Å². The van der Waals surface area contributed by atoms with Crippen LogP contribution in [-0.4, -0.2) is 4.98 Å². The summed E-state index contributed by atoms with van der Waals surface area (Å²) in [5.41, 5.74) is 0. The van der Waals surface area contributed by atoms with Gasteiger partial charge in [-0.05, 0) is 17.4 Å². The second-order valence-corrected chi connectivity index (χ2v) is 6.00. The lowest BCUT2D eigenvalue weighted by atomic mass is 10.0. The summed E-state index contributed by atoms with van der Waals surface area (Å²) in [5.74, 6) is 0.596. The molecule has 0 aliphatic rings. The van der Waals surface area contributed by atoms with Crippen LogP contribution in [0, 0.1) is 5.92 Å². The lowest BCUT2D eigenvalue weighted by Crippen LogP contribution is -2.24. The van der Waals surface area contributed by atoms with Crippen LogP contribution in [-0.2, 0) is 6.54 Å². The maximum Gasteiger partial charge on any atom is 0.106 e. The molecule has 1 N–H and O–H groups in total. The number of hydrogen-bond donors (Lipinski definition) is 1. The first kappa shape index (κ1) is 11.8. The molecule has 2 nitrogen and oxygen atoms in total. The van der Waals surface area contributed by atoms with Crippen LogP contribution in [0.25, 0.3) is 0 Å². The van der Waals surface area contributed by atoms with Crippen molar-refractivity contribution in [3.8, 4) is 0 Å². The summed E-state index contributed by atoms with van der Waals surface area (Å²) >= 11 is 3.52. The molecule has 2 rings (SSSR count). The van der Waals surface area contributed by atoms with E-state index in [2.05, 4.69) is 41.7 Å². The Morgan fingerprint density at radius 1 is 1.31 bits per heavy atom. The summed E-state index contributed by atoms with van der Waals surface area (Å²) in [6.45, 7) is 5.36. The number of thiophene rings is 1. The predicted molar refractivity (Wildman–Crippen MR) is 70.9 cm³/mol. The Kier molecular flexibility index (Phi) is 4.09. The molecule has 0 fully saturated rings. The first-order valence-corrected chi connectivity index (χ1v) is 7.18. The van der Waals surface area contributed by atoms with Crippen molar-refractivity contribution in [2.75, 3.05) is 0 Å². The highest BCUT2D eigenvalue weighted by Crippen LogP contribution is 2.26. The van der Waals surface area contributed by atoms with E-state index in [1.54, 1.807) is 11.3 Å². The minimum atomic E-state index is 0.434. The van der Waals surface area contributed by atoms with E-state index >= 15 is 0 Å². The number of nitrogens with one attached hydrogen (secondary N) is 1. The number of hydrogen-bond acceptors (Lipinski definition) is 4. The van der Waals surface area contributed by atoms with E-state index in [1.165, 1.54) is 4.88 Å². The molecular weight excluding hydrogens is 236 g/mol. The molecule has 2 heterocycles. The van der Waals surface area contributed by atoms with Crippen LogP contribution < -0.4 is 5.32 Å². The van der Waals surface area contributed by atoms with Gasteiger partial charge in [0.2, 0.25) is 0 Å². The van der Waals surface area contributed by atoms with E-state index in [0.717, 1.165) is 11.6 Å². The predicted octanol–water partition coefficient (Wildman–Crippen LogP) is 3.69. The Balaban J connectivity index is 1.99. The smallest absolute Gasteiger partial charge is 0.106 e. The van der Waals surface area contributed by atoms with E-state index in [1.807, 2.05) is 22.9 Å². The molecule has 2 aromatic rings. The fourth-order valence-electron chi connectivity index (χ4n) is 1.67. The standard InChI is InChI=1S/C12H16N2S2/c1-9(2)12(10-4-3-6-15-10)14-8-11-13-5-7-16-11/h3-7,9,12,14H,8H2,1-2H3. The molecular formula is C12H16N2S2. The number of aromatic nitrogens is 1. The largest absolute Gasteiger partial charge is 0.303 e. The molecule has 0 radical (unpaired) electrons. The first-order chi connectivity index (χ1) is 7.77. The Hall–Kier alpha value is -0.710. The molecule has 1 atom stereocenters. The van der Waals surface area contributed by atoms with Gasteiger partial charge in [-0.2, -0.15) is 0 Å². The third-order valence-electron chi connectivity index (χ3n) is 2.47. The fraction of sp³-hybridized carbons (Fsp3) is 0.417. The molecule has 4 heteroatoms. The van der Waals surface area contributed by atoms with Gasteiger partial charge in [0.05, 0.1) is 0 Å². The van der Waals surface area contributed by atoms with Gasteiger partial charge in [-0.25, -0.2) is 4.98 Å². The Morgan fingerprint density at radius 2 is 2.19 bits per heavy atom. The Bertz CT molecular complexity index is 393. The molecule has 0 amide bonds. The number of nitrogens with zero attached hydrogens (tertiary/aromatic N) is 1. The highest BCUT2D eigenvalue weighted by atomic mass is 32.1. The molecule has 0 spiro atoms. The summed E-state index contributed by atoms with van der Waals surface area (Å²) in [6, 6.07) is 4.74. The summed E-state index contributed by atoms with van der Waals surface area (Å²) in [5, 5.41) is 8.89. The van der Waals surface area contributed by atoms with Gasteiger partial charge >= 0.3 is 0 Å². The lowest BCUT2D eigenvalue weighted by molar-refractivity contribution is 0.416. The van der Waals surface area contributed by atoms with Crippen molar-refractivity contribution in [1.82, 2.24) is 10.3 Å². The topological polar surface area (TPSA) is 24.9 Å². The van der Waals surface area contributed by atoms with E-state index in [9.17, 15) is 0 Å². The van der Waals surface area contributed by atoms with E-state index in [0.29, 0.717) is 12.0 Å². The zero-order chi connectivity index (χ0) is 11.4. The number of rotatable bonds is 5. The Labute approximate surface area is 104 Å². The zero-order valence-electron chi connectivity index (χ0n) is 9.51. The van der Waals surface area contributed by atoms with E-state index in [4.69, 9.17) is 0 Å². The van der Waals surface area contributed by atoms with Gasteiger partial charge in [0.1, 0.15) is 5.01 Å². The lowest BCUT2D eigenvalue weighted by Gasteiger charge is -2.20. The number of thiazole rings is 1. The van der Waals surface area contributed by atoms with Gasteiger partial charge in [-0.1, -0.05) is 19.9 Å².